The van der Waals surface area contributed by atoms with Crippen LogP contribution in [-0.2, 0) is 10.0 Å². The van der Waals surface area contributed by atoms with Crippen LogP contribution in [0.25, 0.3) is 21.8 Å². The van der Waals surface area contributed by atoms with Crippen LogP contribution in [0.3, 0.4) is 0 Å². The fourth-order valence-corrected chi connectivity index (χ4v) is 3.79. The second-order valence-electron chi connectivity index (χ2n) is 6.07. The first-order chi connectivity index (χ1) is 12.5. The van der Waals surface area contributed by atoms with Crippen molar-refractivity contribution in [2.24, 2.45) is 0 Å². The Morgan fingerprint density at radius 1 is 0.808 bits per heavy atom. The minimum atomic E-state index is -3.69. The molecule has 1 heterocycles. The molecule has 0 radical (unpaired) electrons. The van der Waals surface area contributed by atoms with Crippen LogP contribution in [0.2, 0.25) is 0 Å². The zero-order valence-electron chi connectivity index (χ0n) is 14.1. The van der Waals surface area contributed by atoms with Crippen molar-refractivity contribution in [1.29, 1.82) is 0 Å². The van der Waals surface area contributed by atoms with E-state index < -0.39 is 10.0 Å². The molecule has 0 spiro atoms. The number of nitrogens with one attached hydrogen (secondary N) is 2. The molecule has 2 N–H and O–H groups in total. The number of sulfonamides is 1. The maximum absolute atomic E-state index is 12.6. The number of benzene rings is 3. The Hall–Kier alpha value is -2.96. The van der Waals surface area contributed by atoms with Gasteiger partial charge in [0.25, 0.3) is 10.0 Å². The molecule has 130 valence electrons. The number of hydrazine groups is 1. The van der Waals surface area contributed by atoms with Crippen molar-refractivity contribution in [2.45, 2.75) is 11.8 Å². The van der Waals surface area contributed by atoms with Crippen molar-refractivity contribution in [2.75, 3.05) is 5.43 Å². The molecular formula is C20H17N3O2S. The zero-order chi connectivity index (χ0) is 18.1. The standard InChI is InChI=1S/C20H17N3O2S/c1-14-11-12-19-17(13-14)20(16-9-5-6-10-18(16)21-19)22-23-26(24,25)15-7-3-2-4-8-15/h2-13,23H,1H3,(H,21,22). The number of para-hydroxylation sites is 1. The van der Waals surface area contributed by atoms with E-state index in [2.05, 4.69) is 15.2 Å². The molecule has 4 aromatic rings. The molecule has 0 aliphatic rings. The Morgan fingerprint density at radius 3 is 2.31 bits per heavy atom. The van der Waals surface area contributed by atoms with Gasteiger partial charge in [0.2, 0.25) is 0 Å². The summed E-state index contributed by atoms with van der Waals surface area (Å²) in [6.45, 7) is 1.99. The van der Waals surface area contributed by atoms with Crippen molar-refractivity contribution in [3.8, 4) is 0 Å². The monoisotopic (exact) mass is 363 g/mol. The number of aromatic nitrogens is 1. The maximum Gasteiger partial charge on any atom is 0.257 e. The summed E-state index contributed by atoms with van der Waals surface area (Å²) in [6, 6.07) is 21.8. The molecular weight excluding hydrogens is 346 g/mol. The van der Waals surface area contributed by atoms with E-state index in [0.717, 1.165) is 27.4 Å². The average Bonchev–Trinajstić information content (AvgIpc) is 2.66. The molecule has 0 amide bonds. The van der Waals surface area contributed by atoms with Gasteiger partial charge in [-0.25, -0.2) is 13.4 Å². The lowest BCUT2D eigenvalue weighted by Gasteiger charge is -2.14. The number of hydrogen-bond acceptors (Lipinski definition) is 4. The smallest absolute Gasteiger partial charge is 0.257 e. The van der Waals surface area contributed by atoms with Crippen LogP contribution in [-0.4, -0.2) is 13.4 Å². The van der Waals surface area contributed by atoms with Gasteiger partial charge in [-0.3, -0.25) is 0 Å². The van der Waals surface area contributed by atoms with Crippen LogP contribution in [0, 0.1) is 6.92 Å². The van der Waals surface area contributed by atoms with Crippen LogP contribution in [0.15, 0.2) is 77.7 Å². The fraction of sp³-hybridized carbons (Fsp3) is 0.0500. The second kappa shape index (κ2) is 6.40. The Kier molecular flexibility index (Phi) is 4.06. The molecule has 0 aliphatic carbocycles. The first kappa shape index (κ1) is 16.5. The Morgan fingerprint density at radius 2 is 1.50 bits per heavy atom. The van der Waals surface area contributed by atoms with Gasteiger partial charge in [0.05, 0.1) is 21.6 Å². The van der Waals surface area contributed by atoms with E-state index in [1.165, 1.54) is 0 Å². The summed E-state index contributed by atoms with van der Waals surface area (Å²) in [5, 5.41) is 1.71. The molecule has 4 rings (SSSR count). The molecule has 0 saturated carbocycles. The van der Waals surface area contributed by atoms with Gasteiger partial charge >= 0.3 is 0 Å². The number of rotatable bonds is 4. The number of nitrogens with zero attached hydrogens (tertiary/aromatic N) is 1. The van der Waals surface area contributed by atoms with E-state index in [1.54, 1.807) is 30.3 Å². The molecule has 5 nitrogen and oxygen atoms in total. The maximum atomic E-state index is 12.6. The lowest BCUT2D eigenvalue weighted by molar-refractivity contribution is 0.588. The van der Waals surface area contributed by atoms with Gasteiger partial charge in [0, 0.05) is 10.8 Å². The minimum Gasteiger partial charge on any atom is -0.306 e. The number of pyridine rings is 1. The molecule has 6 heteroatoms. The van der Waals surface area contributed by atoms with Crippen molar-refractivity contribution < 1.29 is 8.42 Å². The van der Waals surface area contributed by atoms with Crippen LogP contribution in [0.4, 0.5) is 5.69 Å². The van der Waals surface area contributed by atoms with E-state index in [1.807, 2.05) is 49.4 Å². The average molecular weight is 363 g/mol. The topological polar surface area (TPSA) is 71.1 Å². The largest absolute Gasteiger partial charge is 0.306 e. The number of fused-ring (bicyclic) bond motifs is 2. The third kappa shape index (κ3) is 3.00. The normalized spacial score (nSPS) is 11.7. The number of aryl methyl sites for hydroxylation is 1. The summed E-state index contributed by atoms with van der Waals surface area (Å²) in [5.41, 5.74) is 6.28. The third-order valence-corrected chi connectivity index (χ3v) is 5.46. The summed E-state index contributed by atoms with van der Waals surface area (Å²) in [5.74, 6) is 0. The molecule has 0 bridgehead atoms. The first-order valence-corrected chi connectivity index (χ1v) is 9.65. The molecule has 0 saturated heterocycles. The van der Waals surface area contributed by atoms with Gasteiger partial charge in [0.15, 0.2) is 0 Å². The summed E-state index contributed by atoms with van der Waals surface area (Å²) in [4.78, 5) is 7.35. The molecule has 26 heavy (non-hydrogen) atoms. The first-order valence-electron chi connectivity index (χ1n) is 8.16. The zero-order valence-corrected chi connectivity index (χ0v) is 14.9. The highest BCUT2D eigenvalue weighted by Gasteiger charge is 2.15. The van der Waals surface area contributed by atoms with Gasteiger partial charge in [-0.1, -0.05) is 48.0 Å². The Bertz CT molecular complexity index is 1210. The van der Waals surface area contributed by atoms with Gasteiger partial charge in [-0.2, -0.15) is 0 Å². The molecule has 0 aliphatic heterocycles. The molecule has 0 unspecified atom stereocenters. The predicted molar refractivity (Wildman–Crippen MR) is 104 cm³/mol. The van der Waals surface area contributed by atoms with Gasteiger partial charge in [0.1, 0.15) is 0 Å². The van der Waals surface area contributed by atoms with Gasteiger partial charge < -0.3 is 5.43 Å². The van der Waals surface area contributed by atoms with Crippen molar-refractivity contribution in [3.63, 3.8) is 0 Å². The SMILES string of the molecule is Cc1ccc2nc3ccccc3c(NNS(=O)(=O)c3ccccc3)c2c1. The lowest BCUT2D eigenvalue weighted by atomic mass is 10.1. The number of anilines is 1. The lowest BCUT2D eigenvalue weighted by Crippen LogP contribution is -2.29. The Balaban J connectivity index is 1.83. The van der Waals surface area contributed by atoms with Crippen LogP contribution >= 0.6 is 0 Å². The summed E-state index contributed by atoms with van der Waals surface area (Å²) in [7, 11) is -3.69. The fourth-order valence-electron chi connectivity index (χ4n) is 2.92. The summed E-state index contributed by atoms with van der Waals surface area (Å²) >= 11 is 0. The van der Waals surface area contributed by atoms with E-state index in [4.69, 9.17) is 0 Å². The highest BCUT2D eigenvalue weighted by molar-refractivity contribution is 7.89. The van der Waals surface area contributed by atoms with Gasteiger partial charge in [-0.15, -0.1) is 4.83 Å². The van der Waals surface area contributed by atoms with Crippen LogP contribution in [0.1, 0.15) is 5.56 Å². The van der Waals surface area contributed by atoms with Crippen LogP contribution in [0.5, 0.6) is 0 Å². The van der Waals surface area contributed by atoms with E-state index in [0.29, 0.717) is 5.69 Å². The van der Waals surface area contributed by atoms with Gasteiger partial charge in [-0.05, 0) is 37.3 Å². The third-order valence-electron chi connectivity index (χ3n) is 4.20. The van der Waals surface area contributed by atoms with Crippen molar-refractivity contribution in [3.05, 3.63) is 78.4 Å². The van der Waals surface area contributed by atoms with E-state index >= 15 is 0 Å². The second-order valence-corrected chi connectivity index (χ2v) is 7.75. The predicted octanol–water partition coefficient (Wildman–Crippen LogP) is 4.00. The molecule has 0 atom stereocenters. The summed E-state index contributed by atoms with van der Waals surface area (Å²) in [6.07, 6.45) is 0. The highest BCUT2D eigenvalue weighted by Crippen LogP contribution is 2.31. The minimum absolute atomic E-state index is 0.200. The van der Waals surface area contributed by atoms with Crippen LogP contribution < -0.4 is 10.3 Å². The molecule has 3 aromatic carbocycles. The number of hydrogen-bond donors (Lipinski definition) is 2. The highest BCUT2D eigenvalue weighted by atomic mass is 32.2. The van der Waals surface area contributed by atoms with E-state index in [-0.39, 0.29) is 4.90 Å². The van der Waals surface area contributed by atoms with Crippen molar-refractivity contribution >= 4 is 37.5 Å². The Labute approximate surface area is 151 Å². The van der Waals surface area contributed by atoms with Crippen molar-refractivity contribution in [1.82, 2.24) is 9.82 Å². The molecule has 0 fully saturated rings. The quantitative estimate of drug-likeness (QED) is 0.425. The molecule has 1 aromatic heterocycles. The summed E-state index contributed by atoms with van der Waals surface area (Å²) < 4.78 is 25.1. The van der Waals surface area contributed by atoms with E-state index in [9.17, 15) is 8.42 Å².